The second-order valence-electron chi connectivity index (χ2n) is 6.74. The van der Waals surface area contributed by atoms with Crippen molar-refractivity contribution in [1.29, 1.82) is 0 Å². The largest absolute Gasteiger partial charge is 0.379 e. The third-order valence-electron chi connectivity index (χ3n) is 5.20. The first-order valence-electron chi connectivity index (χ1n) is 9.03. The number of morpholine rings is 1. The summed E-state index contributed by atoms with van der Waals surface area (Å²) >= 11 is 0. The second kappa shape index (κ2) is 8.44. The van der Waals surface area contributed by atoms with Gasteiger partial charge in [0, 0.05) is 31.4 Å². The number of aromatic nitrogens is 1. The summed E-state index contributed by atoms with van der Waals surface area (Å²) in [7, 11) is 0. The zero-order valence-electron chi connectivity index (χ0n) is 14.3. The molecule has 6 heteroatoms. The van der Waals surface area contributed by atoms with E-state index in [1.165, 1.54) is 19.3 Å². The SMILES string of the molecule is O=C(NCc1ccccn1)NCC1(N2CCOCC2)CCCCC1. The molecule has 0 atom stereocenters. The Hall–Kier alpha value is -1.66. The van der Waals surface area contributed by atoms with Crippen molar-refractivity contribution in [2.75, 3.05) is 32.8 Å². The van der Waals surface area contributed by atoms with Gasteiger partial charge in [-0.15, -0.1) is 0 Å². The fourth-order valence-corrected chi connectivity index (χ4v) is 3.83. The van der Waals surface area contributed by atoms with Crippen LogP contribution in [-0.4, -0.2) is 54.3 Å². The summed E-state index contributed by atoms with van der Waals surface area (Å²) < 4.78 is 5.50. The van der Waals surface area contributed by atoms with Crippen LogP contribution in [0.15, 0.2) is 24.4 Å². The van der Waals surface area contributed by atoms with Crippen molar-refractivity contribution in [3.05, 3.63) is 30.1 Å². The lowest BCUT2D eigenvalue weighted by atomic mass is 9.80. The van der Waals surface area contributed by atoms with E-state index in [1.54, 1.807) is 6.20 Å². The van der Waals surface area contributed by atoms with Gasteiger partial charge in [0.1, 0.15) is 0 Å². The Kier molecular flexibility index (Phi) is 6.04. The van der Waals surface area contributed by atoms with E-state index in [1.807, 2.05) is 18.2 Å². The third kappa shape index (κ3) is 4.45. The molecule has 132 valence electrons. The van der Waals surface area contributed by atoms with Crippen molar-refractivity contribution in [3.8, 4) is 0 Å². The molecule has 6 nitrogen and oxygen atoms in total. The van der Waals surface area contributed by atoms with Crippen molar-refractivity contribution < 1.29 is 9.53 Å². The molecule has 3 rings (SSSR count). The van der Waals surface area contributed by atoms with Crippen LogP contribution in [0.4, 0.5) is 4.79 Å². The Morgan fingerprint density at radius 2 is 1.96 bits per heavy atom. The first kappa shape index (κ1) is 17.2. The minimum absolute atomic E-state index is 0.102. The fourth-order valence-electron chi connectivity index (χ4n) is 3.83. The van der Waals surface area contributed by atoms with E-state index >= 15 is 0 Å². The summed E-state index contributed by atoms with van der Waals surface area (Å²) in [5.74, 6) is 0. The zero-order valence-corrected chi connectivity index (χ0v) is 14.3. The van der Waals surface area contributed by atoms with Crippen LogP contribution in [0.1, 0.15) is 37.8 Å². The number of nitrogens with one attached hydrogen (secondary N) is 2. The van der Waals surface area contributed by atoms with Gasteiger partial charge in [-0.25, -0.2) is 4.79 Å². The molecule has 2 N–H and O–H groups in total. The van der Waals surface area contributed by atoms with E-state index in [-0.39, 0.29) is 11.6 Å². The van der Waals surface area contributed by atoms with Gasteiger partial charge in [0.2, 0.25) is 0 Å². The molecule has 2 amide bonds. The van der Waals surface area contributed by atoms with Crippen LogP contribution in [0, 0.1) is 0 Å². The summed E-state index contributed by atoms with van der Waals surface area (Å²) in [4.78, 5) is 19.0. The van der Waals surface area contributed by atoms with E-state index in [0.29, 0.717) is 13.1 Å². The van der Waals surface area contributed by atoms with Gasteiger partial charge in [-0.3, -0.25) is 9.88 Å². The predicted octanol–water partition coefficient (Wildman–Crippen LogP) is 1.92. The van der Waals surface area contributed by atoms with E-state index in [0.717, 1.165) is 44.8 Å². The van der Waals surface area contributed by atoms with Crippen molar-refractivity contribution in [2.45, 2.75) is 44.2 Å². The highest BCUT2D eigenvalue weighted by molar-refractivity contribution is 5.73. The minimum atomic E-state index is -0.112. The monoisotopic (exact) mass is 332 g/mol. The Balaban J connectivity index is 1.52. The van der Waals surface area contributed by atoms with E-state index in [4.69, 9.17) is 4.74 Å². The number of carbonyl (C=O) groups is 1. The van der Waals surface area contributed by atoms with Crippen molar-refractivity contribution >= 4 is 6.03 Å². The molecule has 2 heterocycles. The van der Waals surface area contributed by atoms with Crippen LogP contribution in [-0.2, 0) is 11.3 Å². The Bertz CT molecular complexity index is 511. The Morgan fingerprint density at radius 3 is 2.67 bits per heavy atom. The van der Waals surface area contributed by atoms with Gasteiger partial charge >= 0.3 is 6.03 Å². The predicted molar refractivity (Wildman–Crippen MR) is 92.7 cm³/mol. The average Bonchev–Trinajstić information content (AvgIpc) is 2.67. The van der Waals surface area contributed by atoms with Crippen LogP contribution in [0.5, 0.6) is 0 Å². The third-order valence-corrected chi connectivity index (χ3v) is 5.20. The molecule has 1 saturated carbocycles. The first-order valence-corrected chi connectivity index (χ1v) is 9.03. The lowest BCUT2D eigenvalue weighted by molar-refractivity contribution is -0.0357. The second-order valence-corrected chi connectivity index (χ2v) is 6.74. The molecule has 0 radical (unpaired) electrons. The lowest BCUT2D eigenvalue weighted by Crippen LogP contribution is -2.60. The molecule has 2 aliphatic rings. The summed E-state index contributed by atoms with van der Waals surface area (Å²) in [5.41, 5.74) is 0.970. The van der Waals surface area contributed by atoms with Gasteiger partial charge < -0.3 is 15.4 Å². The number of hydrogen-bond donors (Lipinski definition) is 2. The van der Waals surface area contributed by atoms with Gasteiger partial charge in [-0.2, -0.15) is 0 Å². The highest BCUT2D eigenvalue weighted by Crippen LogP contribution is 2.33. The number of pyridine rings is 1. The molecular formula is C18H28N4O2. The number of carbonyl (C=O) groups excluding carboxylic acids is 1. The van der Waals surface area contributed by atoms with Crippen LogP contribution >= 0.6 is 0 Å². The van der Waals surface area contributed by atoms with E-state index < -0.39 is 0 Å². The standard InChI is InChI=1S/C18H28N4O2/c23-17(20-14-16-6-2-5-9-19-16)21-15-18(7-3-1-4-8-18)22-10-12-24-13-11-22/h2,5-6,9H,1,3-4,7-8,10-15H2,(H2,20,21,23). The minimum Gasteiger partial charge on any atom is -0.379 e. The van der Waals surface area contributed by atoms with Crippen LogP contribution in [0.2, 0.25) is 0 Å². The van der Waals surface area contributed by atoms with E-state index in [2.05, 4.69) is 20.5 Å². The van der Waals surface area contributed by atoms with Crippen LogP contribution in [0.25, 0.3) is 0 Å². The van der Waals surface area contributed by atoms with Gasteiger partial charge in [-0.1, -0.05) is 25.3 Å². The number of amides is 2. The highest BCUT2D eigenvalue weighted by atomic mass is 16.5. The van der Waals surface area contributed by atoms with E-state index in [9.17, 15) is 4.79 Å². The van der Waals surface area contributed by atoms with Crippen molar-refractivity contribution in [1.82, 2.24) is 20.5 Å². The number of ether oxygens (including phenoxy) is 1. The maximum atomic E-state index is 12.2. The molecule has 0 aromatic carbocycles. The summed E-state index contributed by atoms with van der Waals surface area (Å²) in [6.45, 7) is 4.70. The molecular weight excluding hydrogens is 304 g/mol. The lowest BCUT2D eigenvalue weighted by Gasteiger charge is -2.48. The molecule has 24 heavy (non-hydrogen) atoms. The maximum Gasteiger partial charge on any atom is 0.315 e. The normalized spacial score (nSPS) is 21.2. The summed E-state index contributed by atoms with van der Waals surface area (Å²) in [6.07, 6.45) is 7.85. The first-order chi connectivity index (χ1) is 11.8. The molecule has 1 aromatic heterocycles. The molecule has 0 bridgehead atoms. The fraction of sp³-hybridized carbons (Fsp3) is 0.667. The van der Waals surface area contributed by atoms with Crippen molar-refractivity contribution in [2.24, 2.45) is 0 Å². The van der Waals surface area contributed by atoms with Gasteiger partial charge in [0.15, 0.2) is 0 Å². The highest BCUT2D eigenvalue weighted by Gasteiger charge is 2.38. The zero-order chi connectivity index (χ0) is 16.7. The average molecular weight is 332 g/mol. The molecule has 1 aliphatic heterocycles. The smallest absolute Gasteiger partial charge is 0.315 e. The van der Waals surface area contributed by atoms with Gasteiger partial charge in [-0.05, 0) is 25.0 Å². The molecule has 0 spiro atoms. The number of rotatable bonds is 5. The van der Waals surface area contributed by atoms with Gasteiger partial charge in [0.05, 0.1) is 25.5 Å². The summed E-state index contributed by atoms with van der Waals surface area (Å²) in [6, 6.07) is 5.60. The van der Waals surface area contributed by atoms with Crippen LogP contribution < -0.4 is 10.6 Å². The quantitative estimate of drug-likeness (QED) is 0.864. The van der Waals surface area contributed by atoms with Crippen molar-refractivity contribution in [3.63, 3.8) is 0 Å². The Labute approximate surface area is 144 Å². The Morgan fingerprint density at radius 1 is 1.17 bits per heavy atom. The number of urea groups is 1. The molecule has 2 fully saturated rings. The molecule has 1 saturated heterocycles. The summed E-state index contributed by atoms with van der Waals surface area (Å²) in [5, 5.41) is 6.00. The number of nitrogens with zero attached hydrogens (tertiary/aromatic N) is 2. The molecule has 0 unspecified atom stereocenters. The van der Waals surface area contributed by atoms with Crippen LogP contribution in [0.3, 0.4) is 0 Å². The maximum absolute atomic E-state index is 12.2. The molecule has 1 aromatic rings. The van der Waals surface area contributed by atoms with Gasteiger partial charge in [0.25, 0.3) is 0 Å². The number of hydrogen-bond acceptors (Lipinski definition) is 4. The topological polar surface area (TPSA) is 66.5 Å². The molecule has 1 aliphatic carbocycles.